The monoisotopic (exact) mass is 336 g/mol. The van der Waals surface area contributed by atoms with Crippen molar-refractivity contribution in [3.63, 3.8) is 0 Å². The summed E-state index contributed by atoms with van der Waals surface area (Å²) in [5.74, 6) is -1.04. The van der Waals surface area contributed by atoms with Gasteiger partial charge in [-0.15, -0.1) is 0 Å². The largest absolute Gasteiger partial charge is 0.453 e. The molecule has 1 N–H and O–H groups in total. The number of nitrogens with one attached hydrogen (secondary N) is 1. The van der Waals surface area contributed by atoms with Crippen LogP contribution in [-0.4, -0.2) is 25.6 Å². The molecule has 23 heavy (non-hydrogen) atoms. The second kappa shape index (κ2) is 7.01. The van der Waals surface area contributed by atoms with Crippen molar-refractivity contribution >= 4 is 22.0 Å². The van der Waals surface area contributed by atoms with E-state index in [9.17, 15) is 17.6 Å². The molecule has 0 radical (unpaired) electrons. The van der Waals surface area contributed by atoms with Gasteiger partial charge in [0.25, 0.3) is 5.91 Å². The van der Waals surface area contributed by atoms with Gasteiger partial charge in [0.1, 0.15) is 5.75 Å². The minimum absolute atomic E-state index is 0.00994. The molecule has 0 aliphatic heterocycles. The molecule has 1 amide bonds. The van der Waals surface area contributed by atoms with Crippen molar-refractivity contribution in [2.45, 2.75) is 0 Å². The third-order valence-electron chi connectivity index (χ3n) is 2.53. The zero-order valence-electron chi connectivity index (χ0n) is 12.1. The number of ether oxygens (including phenoxy) is 1. The summed E-state index contributed by atoms with van der Waals surface area (Å²) in [4.78, 5) is 15.2. The second-order valence-electron chi connectivity index (χ2n) is 4.55. The maximum Gasteiger partial charge on any atom is 0.257 e. The van der Waals surface area contributed by atoms with Gasteiger partial charge in [-0.25, -0.2) is 17.5 Å². The predicted molar refractivity (Wildman–Crippen MR) is 82.7 cm³/mol. The molecule has 1 aromatic carbocycles. The van der Waals surface area contributed by atoms with Gasteiger partial charge in [-0.05, 0) is 35.9 Å². The van der Waals surface area contributed by atoms with Crippen molar-refractivity contribution in [2.24, 2.45) is 0 Å². The van der Waals surface area contributed by atoms with Crippen LogP contribution in [0.3, 0.4) is 0 Å². The van der Waals surface area contributed by atoms with E-state index in [2.05, 4.69) is 4.98 Å². The summed E-state index contributed by atoms with van der Waals surface area (Å²) >= 11 is 0. The normalized spacial score (nSPS) is 11.4. The Balaban J connectivity index is 2.09. The lowest BCUT2D eigenvalue weighted by Gasteiger charge is -2.06. The van der Waals surface area contributed by atoms with Crippen LogP contribution in [0.5, 0.6) is 11.5 Å². The number of pyridine rings is 1. The third-order valence-corrected chi connectivity index (χ3v) is 3.10. The fraction of sp³-hybridized carbons (Fsp3) is 0.0667. The van der Waals surface area contributed by atoms with Crippen LogP contribution in [0.1, 0.15) is 5.56 Å². The van der Waals surface area contributed by atoms with E-state index in [4.69, 9.17) is 4.74 Å². The highest BCUT2D eigenvalue weighted by Gasteiger charge is 2.07. The van der Waals surface area contributed by atoms with E-state index in [1.807, 2.05) is 0 Å². The van der Waals surface area contributed by atoms with E-state index in [0.717, 1.165) is 18.4 Å². The summed E-state index contributed by atoms with van der Waals surface area (Å²) < 4.78 is 42.8. The number of amides is 1. The molecule has 0 bridgehead atoms. The zero-order chi connectivity index (χ0) is 16.9. The van der Waals surface area contributed by atoms with Crippen molar-refractivity contribution in [1.29, 1.82) is 0 Å². The highest BCUT2D eigenvalue weighted by Crippen LogP contribution is 2.24. The number of sulfonamides is 1. The second-order valence-corrected chi connectivity index (χ2v) is 6.30. The lowest BCUT2D eigenvalue weighted by atomic mass is 10.2. The van der Waals surface area contributed by atoms with Crippen LogP contribution < -0.4 is 9.46 Å². The number of rotatable bonds is 5. The Labute approximate surface area is 132 Å². The van der Waals surface area contributed by atoms with Gasteiger partial charge in [-0.1, -0.05) is 6.07 Å². The summed E-state index contributed by atoms with van der Waals surface area (Å²) in [5.41, 5.74) is 0.379. The van der Waals surface area contributed by atoms with Gasteiger partial charge in [-0.2, -0.15) is 0 Å². The number of hydrogen-bond donors (Lipinski definition) is 1. The first kappa shape index (κ1) is 16.6. The molecule has 6 nitrogen and oxygen atoms in total. The summed E-state index contributed by atoms with van der Waals surface area (Å²) in [7, 11) is -3.63. The van der Waals surface area contributed by atoms with Crippen LogP contribution in [0.25, 0.3) is 6.08 Å². The number of carbonyl (C=O) groups is 1. The smallest absolute Gasteiger partial charge is 0.257 e. The van der Waals surface area contributed by atoms with E-state index in [0.29, 0.717) is 11.3 Å². The van der Waals surface area contributed by atoms with E-state index in [1.54, 1.807) is 23.1 Å². The Kier molecular flexibility index (Phi) is 5.07. The van der Waals surface area contributed by atoms with Gasteiger partial charge in [0.05, 0.1) is 12.5 Å². The van der Waals surface area contributed by atoms with Crippen molar-refractivity contribution in [3.05, 3.63) is 60.2 Å². The standard InChI is InChI=1S/C15H13FN2O4S/c1-23(20,21)18-15(19)7-5-11-4-6-14(13(16)9-11)22-12-3-2-8-17-10-12/h2-10H,1H3,(H,18,19)/b7-5+. The molecule has 0 aliphatic rings. The number of aromatic nitrogens is 1. The highest BCUT2D eigenvalue weighted by molar-refractivity contribution is 7.89. The molecule has 0 fully saturated rings. The van der Waals surface area contributed by atoms with E-state index < -0.39 is 21.7 Å². The fourth-order valence-electron chi connectivity index (χ4n) is 1.63. The molecule has 0 saturated heterocycles. The Morgan fingerprint density at radius 3 is 2.74 bits per heavy atom. The van der Waals surface area contributed by atoms with Gasteiger partial charge >= 0.3 is 0 Å². The zero-order valence-corrected chi connectivity index (χ0v) is 12.9. The number of carbonyl (C=O) groups excluding carboxylic acids is 1. The first-order chi connectivity index (χ1) is 10.8. The number of nitrogens with zero attached hydrogens (tertiary/aromatic N) is 1. The minimum Gasteiger partial charge on any atom is -0.453 e. The van der Waals surface area contributed by atoms with Gasteiger partial charge in [0, 0.05) is 12.3 Å². The van der Waals surface area contributed by atoms with Gasteiger partial charge in [-0.3, -0.25) is 9.78 Å². The summed E-state index contributed by atoms with van der Waals surface area (Å²) in [5, 5.41) is 0. The van der Waals surface area contributed by atoms with Crippen LogP contribution in [0.15, 0.2) is 48.8 Å². The number of hydrogen-bond acceptors (Lipinski definition) is 5. The number of halogens is 1. The Bertz CT molecular complexity index is 836. The quantitative estimate of drug-likeness (QED) is 0.845. The van der Waals surface area contributed by atoms with Crippen LogP contribution in [0.4, 0.5) is 4.39 Å². The first-order valence-corrected chi connectivity index (χ1v) is 8.30. The molecule has 0 atom stereocenters. The number of benzene rings is 1. The topological polar surface area (TPSA) is 85.4 Å². The SMILES string of the molecule is CS(=O)(=O)NC(=O)/C=C/c1ccc(Oc2cccnc2)c(F)c1. The van der Waals surface area contributed by atoms with Crippen LogP contribution in [-0.2, 0) is 14.8 Å². The molecule has 0 spiro atoms. The third kappa shape index (κ3) is 5.51. The molecular formula is C15H13FN2O4S. The van der Waals surface area contributed by atoms with Crippen LogP contribution in [0, 0.1) is 5.82 Å². The first-order valence-electron chi connectivity index (χ1n) is 6.41. The van der Waals surface area contributed by atoms with Crippen molar-refractivity contribution in [3.8, 4) is 11.5 Å². The molecular weight excluding hydrogens is 323 g/mol. The van der Waals surface area contributed by atoms with Gasteiger partial charge in [0.15, 0.2) is 11.6 Å². The molecule has 0 saturated carbocycles. The fourth-order valence-corrected chi connectivity index (χ4v) is 2.06. The van der Waals surface area contributed by atoms with E-state index in [-0.39, 0.29) is 5.75 Å². The summed E-state index contributed by atoms with van der Waals surface area (Å²) in [6.45, 7) is 0. The Morgan fingerprint density at radius 1 is 1.35 bits per heavy atom. The molecule has 1 heterocycles. The van der Waals surface area contributed by atoms with Crippen molar-refractivity contribution in [1.82, 2.24) is 9.71 Å². The maximum atomic E-state index is 14.0. The van der Waals surface area contributed by atoms with E-state index in [1.165, 1.54) is 24.4 Å². The molecule has 120 valence electrons. The minimum atomic E-state index is -3.63. The highest BCUT2D eigenvalue weighted by atomic mass is 32.2. The van der Waals surface area contributed by atoms with Crippen molar-refractivity contribution < 1.29 is 22.3 Å². The molecule has 8 heteroatoms. The lowest BCUT2D eigenvalue weighted by molar-refractivity contribution is -0.114. The molecule has 2 aromatic rings. The van der Waals surface area contributed by atoms with Crippen molar-refractivity contribution in [2.75, 3.05) is 6.26 Å². The summed E-state index contributed by atoms with van der Waals surface area (Å²) in [6.07, 6.45) is 6.17. The van der Waals surface area contributed by atoms with Gasteiger partial charge < -0.3 is 4.74 Å². The van der Waals surface area contributed by atoms with Crippen LogP contribution in [0.2, 0.25) is 0 Å². The van der Waals surface area contributed by atoms with Crippen LogP contribution >= 0.6 is 0 Å². The molecule has 2 rings (SSSR count). The molecule has 0 aliphatic carbocycles. The average molecular weight is 336 g/mol. The van der Waals surface area contributed by atoms with Gasteiger partial charge in [0.2, 0.25) is 10.0 Å². The summed E-state index contributed by atoms with van der Waals surface area (Å²) in [6, 6.07) is 7.38. The predicted octanol–water partition coefficient (Wildman–Crippen LogP) is 2.10. The average Bonchev–Trinajstić information content (AvgIpc) is 2.47. The van der Waals surface area contributed by atoms with E-state index >= 15 is 0 Å². The Hall–Kier alpha value is -2.74. The molecule has 1 aromatic heterocycles. The lowest BCUT2D eigenvalue weighted by Crippen LogP contribution is -2.27. The maximum absolute atomic E-state index is 14.0. The molecule has 0 unspecified atom stereocenters. The Morgan fingerprint density at radius 2 is 2.13 bits per heavy atom.